The van der Waals surface area contributed by atoms with Crippen LogP contribution in [0.4, 0.5) is 11.4 Å². The lowest BCUT2D eigenvalue weighted by Crippen LogP contribution is -2.39. The van der Waals surface area contributed by atoms with Gasteiger partial charge in [-0.25, -0.2) is 0 Å². The number of anilines is 2. The van der Waals surface area contributed by atoms with E-state index >= 15 is 0 Å². The number of hydrogen-bond acceptors (Lipinski definition) is 4. The SMILES string of the molecule is CCN(C(=O)Cc1ccc(NC(=O)CC2CSCCN2)cc1)c1ccccc1.Cl. The van der Waals surface area contributed by atoms with Gasteiger partial charge >= 0.3 is 0 Å². The molecule has 2 aromatic rings. The van der Waals surface area contributed by atoms with Crippen molar-refractivity contribution in [2.45, 2.75) is 25.8 Å². The van der Waals surface area contributed by atoms with E-state index in [2.05, 4.69) is 10.6 Å². The quantitative estimate of drug-likeness (QED) is 0.698. The summed E-state index contributed by atoms with van der Waals surface area (Å²) in [6.45, 7) is 3.57. The summed E-state index contributed by atoms with van der Waals surface area (Å²) in [4.78, 5) is 26.7. The molecule has 1 aliphatic heterocycles. The molecule has 0 bridgehead atoms. The number of likely N-dealkylation sites (N-methyl/N-ethyl adjacent to an activating group) is 1. The van der Waals surface area contributed by atoms with Crippen LogP contribution in [0.3, 0.4) is 0 Å². The van der Waals surface area contributed by atoms with Crippen molar-refractivity contribution in [3.8, 4) is 0 Å². The predicted molar refractivity (Wildman–Crippen MR) is 124 cm³/mol. The zero-order chi connectivity index (χ0) is 19.8. The van der Waals surface area contributed by atoms with Crippen molar-refractivity contribution in [3.05, 3.63) is 60.2 Å². The monoisotopic (exact) mass is 433 g/mol. The Morgan fingerprint density at radius 3 is 2.48 bits per heavy atom. The Bertz CT molecular complexity index is 780. The average molecular weight is 434 g/mol. The molecule has 1 heterocycles. The van der Waals surface area contributed by atoms with E-state index in [9.17, 15) is 9.59 Å². The molecule has 1 saturated heterocycles. The van der Waals surface area contributed by atoms with Gasteiger partial charge in [-0.1, -0.05) is 30.3 Å². The third-order valence-electron chi connectivity index (χ3n) is 4.71. The van der Waals surface area contributed by atoms with Crippen molar-refractivity contribution in [3.63, 3.8) is 0 Å². The van der Waals surface area contributed by atoms with Crippen molar-refractivity contribution in [2.75, 3.05) is 34.8 Å². The van der Waals surface area contributed by atoms with Gasteiger partial charge in [0.1, 0.15) is 0 Å². The summed E-state index contributed by atoms with van der Waals surface area (Å²) in [5.74, 6) is 2.17. The van der Waals surface area contributed by atoms with E-state index in [4.69, 9.17) is 0 Å². The molecule has 2 aromatic carbocycles. The Labute approximate surface area is 183 Å². The number of amides is 2. The van der Waals surface area contributed by atoms with Gasteiger partial charge in [0.2, 0.25) is 11.8 Å². The van der Waals surface area contributed by atoms with Gasteiger partial charge in [-0.05, 0) is 36.8 Å². The summed E-state index contributed by atoms with van der Waals surface area (Å²) < 4.78 is 0. The first-order valence-corrected chi connectivity index (χ1v) is 10.9. The Hall–Kier alpha value is -2.02. The molecule has 2 amide bonds. The molecule has 5 nitrogen and oxygen atoms in total. The number of para-hydroxylation sites is 1. The Morgan fingerprint density at radius 2 is 1.86 bits per heavy atom. The fourth-order valence-electron chi connectivity index (χ4n) is 3.27. The molecule has 156 valence electrons. The first-order valence-electron chi connectivity index (χ1n) is 9.71. The van der Waals surface area contributed by atoms with E-state index in [0.29, 0.717) is 19.4 Å². The van der Waals surface area contributed by atoms with E-state index in [1.807, 2.05) is 73.3 Å². The fraction of sp³-hybridized carbons (Fsp3) is 0.364. The highest BCUT2D eigenvalue weighted by Gasteiger charge is 2.17. The largest absolute Gasteiger partial charge is 0.326 e. The number of halogens is 1. The lowest BCUT2D eigenvalue weighted by Gasteiger charge is -2.22. The van der Waals surface area contributed by atoms with Crippen LogP contribution < -0.4 is 15.5 Å². The van der Waals surface area contributed by atoms with E-state index in [-0.39, 0.29) is 30.3 Å². The third kappa shape index (κ3) is 7.07. The van der Waals surface area contributed by atoms with Crippen molar-refractivity contribution >= 4 is 47.4 Å². The van der Waals surface area contributed by atoms with Crippen LogP contribution in [0, 0.1) is 0 Å². The number of nitrogens with one attached hydrogen (secondary N) is 2. The lowest BCUT2D eigenvalue weighted by molar-refractivity contribution is -0.118. The Balaban J connectivity index is 0.00000300. The molecular weight excluding hydrogens is 406 g/mol. The van der Waals surface area contributed by atoms with Gasteiger partial charge in [0.25, 0.3) is 0 Å². The zero-order valence-corrected chi connectivity index (χ0v) is 18.2. The van der Waals surface area contributed by atoms with Crippen LogP contribution in [0.1, 0.15) is 18.9 Å². The van der Waals surface area contributed by atoms with Crippen LogP contribution in [0.15, 0.2) is 54.6 Å². The molecule has 1 fully saturated rings. The predicted octanol–water partition coefficient (Wildman–Crippen LogP) is 3.74. The first kappa shape index (κ1) is 23.3. The van der Waals surface area contributed by atoms with E-state index < -0.39 is 0 Å². The summed E-state index contributed by atoms with van der Waals surface area (Å²) in [7, 11) is 0. The van der Waals surface area contributed by atoms with Crippen LogP contribution in [0.5, 0.6) is 0 Å². The molecule has 1 unspecified atom stereocenters. The maximum Gasteiger partial charge on any atom is 0.231 e. The van der Waals surface area contributed by atoms with Crippen molar-refractivity contribution < 1.29 is 9.59 Å². The van der Waals surface area contributed by atoms with Gasteiger partial charge in [-0.15, -0.1) is 12.4 Å². The highest BCUT2D eigenvalue weighted by Crippen LogP contribution is 2.17. The molecule has 29 heavy (non-hydrogen) atoms. The Kier molecular flexibility index (Phi) is 9.51. The second kappa shape index (κ2) is 11.9. The summed E-state index contributed by atoms with van der Waals surface area (Å²) in [6.07, 6.45) is 0.815. The fourth-order valence-corrected chi connectivity index (χ4v) is 4.22. The van der Waals surface area contributed by atoms with Crippen molar-refractivity contribution in [1.29, 1.82) is 0 Å². The molecule has 0 saturated carbocycles. The summed E-state index contributed by atoms with van der Waals surface area (Å²) >= 11 is 1.88. The van der Waals surface area contributed by atoms with Gasteiger partial charge in [0.15, 0.2) is 0 Å². The minimum atomic E-state index is 0. The number of carbonyl (C=O) groups is 2. The minimum Gasteiger partial charge on any atom is -0.326 e. The van der Waals surface area contributed by atoms with E-state index in [0.717, 1.165) is 35.0 Å². The highest BCUT2D eigenvalue weighted by molar-refractivity contribution is 7.99. The molecule has 3 rings (SSSR count). The molecule has 1 aliphatic rings. The van der Waals surface area contributed by atoms with E-state index in [1.54, 1.807) is 4.90 Å². The number of thioether (sulfide) groups is 1. The van der Waals surface area contributed by atoms with Crippen LogP contribution in [-0.2, 0) is 16.0 Å². The second-order valence-corrected chi connectivity index (χ2v) is 7.98. The van der Waals surface area contributed by atoms with Crippen LogP contribution >= 0.6 is 24.2 Å². The van der Waals surface area contributed by atoms with Crippen molar-refractivity contribution in [1.82, 2.24) is 5.32 Å². The van der Waals surface area contributed by atoms with Crippen LogP contribution in [0.2, 0.25) is 0 Å². The number of hydrogen-bond donors (Lipinski definition) is 2. The maximum absolute atomic E-state index is 12.7. The lowest BCUT2D eigenvalue weighted by atomic mass is 10.1. The molecule has 0 spiro atoms. The third-order valence-corrected chi connectivity index (χ3v) is 5.84. The molecular formula is C22H28ClN3O2S. The summed E-state index contributed by atoms with van der Waals surface area (Å²) in [6, 6.07) is 17.5. The van der Waals surface area contributed by atoms with Crippen molar-refractivity contribution in [2.24, 2.45) is 0 Å². The molecule has 0 aromatic heterocycles. The summed E-state index contributed by atoms with van der Waals surface area (Å²) in [5.41, 5.74) is 2.61. The van der Waals surface area contributed by atoms with Gasteiger partial charge in [0, 0.05) is 48.4 Å². The summed E-state index contributed by atoms with van der Waals surface area (Å²) in [5, 5.41) is 6.32. The molecule has 0 radical (unpaired) electrons. The number of nitrogens with zero attached hydrogens (tertiary/aromatic N) is 1. The smallest absolute Gasteiger partial charge is 0.231 e. The maximum atomic E-state index is 12.7. The standard InChI is InChI=1S/C22H27N3O2S.ClH/c1-2-25(20-6-4-3-5-7-20)22(27)14-17-8-10-18(11-9-17)24-21(26)15-19-16-28-13-12-23-19;/h3-11,19,23H,2,12-16H2,1H3,(H,24,26);1H. The van der Waals surface area contributed by atoms with E-state index in [1.165, 1.54) is 0 Å². The van der Waals surface area contributed by atoms with Crippen LogP contribution in [-0.4, -0.2) is 42.5 Å². The topological polar surface area (TPSA) is 61.4 Å². The number of benzene rings is 2. The van der Waals surface area contributed by atoms with Gasteiger partial charge in [-0.3, -0.25) is 9.59 Å². The molecule has 2 N–H and O–H groups in total. The zero-order valence-electron chi connectivity index (χ0n) is 16.6. The van der Waals surface area contributed by atoms with Crippen LogP contribution in [0.25, 0.3) is 0 Å². The van der Waals surface area contributed by atoms with Gasteiger partial charge < -0.3 is 15.5 Å². The second-order valence-electron chi connectivity index (χ2n) is 6.83. The highest BCUT2D eigenvalue weighted by atomic mass is 35.5. The number of carbonyl (C=O) groups excluding carboxylic acids is 2. The van der Waals surface area contributed by atoms with Gasteiger partial charge in [0.05, 0.1) is 6.42 Å². The number of rotatable bonds is 7. The molecule has 1 atom stereocenters. The Morgan fingerprint density at radius 1 is 1.14 bits per heavy atom. The normalized spacial score (nSPS) is 15.8. The molecule has 7 heteroatoms. The van der Waals surface area contributed by atoms with Gasteiger partial charge in [-0.2, -0.15) is 11.8 Å². The first-order chi connectivity index (χ1) is 13.7. The average Bonchev–Trinajstić information content (AvgIpc) is 2.71. The minimum absolute atomic E-state index is 0. The molecule has 0 aliphatic carbocycles.